The molecule has 0 radical (unpaired) electrons. The van der Waals surface area contributed by atoms with Crippen LogP contribution < -0.4 is 5.32 Å². The van der Waals surface area contributed by atoms with E-state index >= 15 is 0 Å². The van der Waals surface area contributed by atoms with Crippen LogP contribution in [0, 0.1) is 11.3 Å². The molecular weight excluding hydrogens is 184 g/mol. The van der Waals surface area contributed by atoms with Crippen LogP contribution in [0.25, 0.3) is 0 Å². The van der Waals surface area contributed by atoms with E-state index in [-0.39, 0.29) is 0 Å². The highest BCUT2D eigenvalue weighted by Crippen LogP contribution is 2.08. The maximum atomic E-state index is 8.30. The molecule has 0 fully saturated rings. The minimum Gasteiger partial charge on any atom is -0.304 e. The summed E-state index contributed by atoms with van der Waals surface area (Å²) in [6.45, 7) is 3.76. The van der Waals surface area contributed by atoms with Gasteiger partial charge in [-0.25, -0.2) is 0 Å². The fraction of sp³-hybridized carbons (Fsp3) is 0.923. The lowest BCUT2D eigenvalue weighted by molar-refractivity contribution is 0.555. The van der Waals surface area contributed by atoms with Crippen LogP contribution in [-0.4, -0.2) is 13.1 Å². The summed E-state index contributed by atoms with van der Waals surface area (Å²) in [5.41, 5.74) is 0. The lowest BCUT2D eigenvalue weighted by Gasteiger charge is -2.02. The van der Waals surface area contributed by atoms with E-state index in [1.165, 1.54) is 57.8 Å². The highest BCUT2D eigenvalue weighted by atomic mass is 14.8. The first-order valence-electron chi connectivity index (χ1n) is 6.49. The van der Waals surface area contributed by atoms with Crippen molar-refractivity contribution in [2.75, 3.05) is 13.1 Å². The molecule has 0 aromatic heterocycles. The third-order valence-electron chi connectivity index (χ3n) is 2.66. The van der Waals surface area contributed by atoms with E-state index in [0.29, 0.717) is 6.54 Å². The number of nitrogens with zero attached hydrogens (tertiary/aromatic N) is 1. The molecule has 0 aliphatic carbocycles. The van der Waals surface area contributed by atoms with Crippen molar-refractivity contribution < 1.29 is 0 Å². The van der Waals surface area contributed by atoms with Gasteiger partial charge in [0.05, 0.1) is 12.6 Å². The van der Waals surface area contributed by atoms with Crippen molar-refractivity contribution >= 4 is 0 Å². The SMILES string of the molecule is CCCCCCCCCCCNCC#N. The lowest BCUT2D eigenvalue weighted by Crippen LogP contribution is -2.14. The molecule has 0 saturated carbocycles. The minimum atomic E-state index is 0.497. The van der Waals surface area contributed by atoms with Gasteiger partial charge < -0.3 is 5.32 Å². The van der Waals surface area contributed by atoms with Gasteiger partial charge in [-0.05, 0) is 13.0 Å². The van der Waals surface area contributed by atoms with E-state index in [1.807, 2.05) is 0 Å². The van der Waals surface area contributed by atoms with E-state index in [4.69, 9.17) is 5.26 Å². The quantitative estimate of drug-likeness (QED) is 0.417. The second-order valence-corrected chi connectivity index (χ2v) is 4.16. The Morgan fingerprint density at radius 2 is 1.40 bits per heavy atom. The lowest BCUT2D eigenvalue weighted by atomic mass is 10.1. The van der Waals surface area contributed by atoms with Crippen LogP contribution in [0.5, 0.6) is 0 Å². The van der Waals surface area contributed by atoms with E-state index < -0.39 is 0 Å². The largest absolute Gasteiger partial charge is 0.304 e. The standard InChI is InChI=1S/C13H26N2/c1-2-3-4-5-6-7-8-9-10-12-15-13-11-14/h15H,2-10,12-13H2,1H3. The molecule has 0 bridgehead atoms. The summed E-state index contributed by atoms with van der Waals surface area (Å²) in [5.74, 6) is 0. The van der Waals surface area contributed by atoms with Gasteiger partial charge in [0.1, 0.15) is 0 Å². The molecule has 0 aliphatic rings. The molecule has 0 unspecified atom stereocenters. The van der Waals surface area contributed by atoms with Gasteiger partial charge in [-0.1, -0.05) is 58.3 Å². The Kier molecular flexibility index (Phi) is 13.0. The molecule has 2 heteroatoms. The summed E-state index contributed by atoms with van der Waals surface area (Å²) < 4.78 is 0. The van der Waals surface area contributed by atoms with Crippen molar-refractivity contribution in [2.24, 2.45) is 0 Å². The average molecular weight is 210 g/mol. The van der Waals surface area contributed by atoms with Gasteiger partial charge in [0.25, 0.3) is 0 Å². The molecule has 0 aliphatic heterocycles. The van der Waals surface area contributed by atoms with Gasteiger partial charge in [-0.3, -0.25) is 0 Å². The van der Waals surface area contributed by atoms with Gasteiger partial charge in [-0.2, -0.15) is 5.26 Å². The Bertz CT molecular complexity index is 149. The third kappa shape index (κ3) is 13.4. The fourth-order valence-corrected chi connectivity index (χ4v) is 1.70. The van der Waals surface area contributed by atoms with Crippen LogP contribution in [0.4, 0.5) is 0 Å². The smallest absolute Gasteiger partial charge is 0.0840 e. The first-order valence-corrected chi connectivity index (χ1v) is 6.49. The molecule has 0 amide bonds. The first kappa shape index (κ1) is 14.5. The molecule has 0 aromatic rings. The third-order valence-corrected chi connectivity index (χ3v) is 2.66. The normalized spacial score (nSPS) is 10.1. The number of nitriles is 1. The van der Waals surface area contributed by atoms with Crippen LogP contribution >= 0.6 is 0 Å². The van der Waals surface area contributed by atoms with Crippen LogP contribution in [0.2, 0.25) is 0 Å². The van der Waals surface area contributed by atoms with Crippen LogP contribution in [0.1, 0.15) is 64.7 Å². The predicted molar refractivity (Wildman–Crippen MR) is 65.7 cm³/mol. The number of hydrogen-bond acceptors (Lipinski definition) is 2. The Morgan fingerprint density at radius 3 is 1.93 bits per heavy atom. The zero-order valence-electron chi connectivity index (χ0n) is 10.2. The molecule has 0 rings (SSSR count). The van der Waals surface area contributed by atoms with Crippen molar-refractivity contribution in [2.45, 2.75) is 64.7 Å². The zero-order valence-corrected chi connectivity index (χ0v) is 10.2. The zero-order chi connectivity index (χ0) is 11.2. The number of rotatable bonds is 11. The van der Waals surface area contributed by atoms with Crippen molar-refractivity contribution in [1.82, 2.24) is 5.32 Å². The topological polar surface area (TPSA) is 35.8 Å². The second-order valence-electron chi connectivity index (χ2n) is 4.16. The molecule has 88 valence electrons. The minimum absolute atomic E-state index is 0.497. The summed E-state index contributed by atoms with van der Waals surface area (Å²) in [6, 6.07) is 2.09. The fourth-order valence-electron chi connectivity index (χ4n) is 1.70. The Hall–Kier alpha value is -0.550. The summed E-state index contributed by atoms with van der Waals surface area (Å²) in [5, 5.41) is 11.4. The maximum absolute atomic E-state index is 8.30. The number of hydrogen-bond donors (Lipinski definition) is 1. The van der Waals surface area contributed by atoms with Crippen LogP contribution in [-0.2, 0) is 0 Å². The van der Waals surface area contributed by atoms with E-state index in [9.17, 15) is 0 Å². The van der Waals surface area contributed by atoms with Gasteiger partial charge in [0.2, 0.25) is 0 Å². The molecule has 0 spiro atoms. The molecule has 2 nitrogen and oxygen atoms in total. The molecule has 15 heavy (non-hydrogen) atoms. The monoisotopic (exact) mass is 210 g/mol. The molecular formula is C13H26N2. The highest BCUT2D eigenvalue weighted by Gasteiger charge is 1.91. The summed E-state index contributed by atoms with van der Waals surface area (Å²) in [7, 11) is 0. The van der Waals surface area contributed by atoms with E-state index in [2.05, 4.69) is 18.3 Å². The summed E-state index contributed by atoms with van der Waals surface area (Å²) in [4.78, 5) is 0. The van der Waals surface area contributed by atoms with Crippen LogP contribution in [0.15, 0.2) is 0 Å². The Labute approximate surface area is 95.1 Å². The first-order chi connectivity index (χ1) is 7.41. The number of unbranched alkanes of at least 4 members (excludes halogenated alkanes) is 8. The Balaban J connectivity index is 2.84. The van der Waals surface area contributed by atoms with Crippen molar-refractivity contribution in [1.29, 1.82) is 5.26 Å². The maximum Gasteiger partial charge on any atom is 0.0840 e. The Morgan fingerprint density at radius 1 is 0.867 bits per heavy atom. The number of nitrogens with one attached hydrogen (secondary N) is 1. The van der Waals surface area contributed by atoms with E-state index in [0.717, 1.165) is 6.54 Å². The summed E-state index contributed by atoms with van der Waals surface area (Å²) in [6.07, 6.45) is 12.3. The average Bonchev–Trinajstić information content (AvgIpc) is 2.26. The van der Waals surface area contributed by atoms with Crippen LogP contribution in [0.3, 0.4) is 0 Å². The van der Waals surface area contributed by atoms with Gasteiger partial charge in [0.15, 0.2) is 0 Å². The molecule has 0 saturated heterocycles. The van der Waals surface area contributed by atoms with Gasteiger partial charge in [-0.15, -0.1) is 0 Å². The molecule has 0 aromatic carbocycles. The molecule has 0 atom stereocenters. The molecule has 1 N–H and O–H groups in total. The van der Waals surface area contributed by atoms with Crippen molar-refractivity contribution in [3.8, 4) is 6.07 Å². The van der Waals surface area contributed by atoms with Crippen molar-refractivity contribution in [3.05, 3.63) is 0 Å². The second kappa shape index (κ2) is 13.4. The molecule has 0 heterocycles. The predicted octanol–water partition coefficient (Wildman–Crippen LogP) is 3.63. The van der Waals surface area contributed by atoms with Crippen molar-refractivity contribution in [3.63, 3.8) is 0 Å². The van der Waals surface area contributed by atoms with Gasteiger partial charge >= 0.3 is 0 Å². The van der Waals surface area contributed by atoms with Gasteiger partial charge in [0, 0.05) is 0 Å². The summed E-state index contributed by atoms with van der Waals surface area (Å²) >= 11 is 0. The van der Waals surface area contributed by atoms with E-state index in [1.54, 1.807) is 0 Å². The highest BCUT2D eigenvalue weighted by molar-refractivity contribution is 4.72.